The van der Waals surface area contributed by atoms with Crippen LogP contribution in [-0.4, -0.2) is 26.6 Å². The van der Waals surface area contributed by atoms with Crippen LogP contribution in [0.25, 0.3) is 0 Å². The highest BCUT2D eigenvalue weighted by Crippen LogP contribution is 2.35. The monoisotopic (exact) mass is 546 g/mol. The lowest BCUT2D eigenvalue weighted by molar-refractivity contribution is -0.142. The average Bonchev–Trinajstić information content (AvgIpc) is 2.68. The summed E-state index contributed by atoms with van der Waals surface area (Å²) in [6.07, 6.45) is -3.73. The molecule has 0 saturated heterocycles. The Morgan fingerprint density at radius 2 is 1.88 bits per heavy atom. The molecule has 1 heterocycles. The number of hydrogen-bond donors (Lipinski definition) is 2. The molecule has 2 N–H and O–H groups in total. The number of aromatic nitrogens is 2. The van der Waals surface area contributed by atoms with E-state index >= 15 is 0 Å². The average molecular weight is 547 g/mol. The van der Waals surface area contributed by atoms with Crippen LogP contribution in [0.15, 0.2) is 51.8 Å². The molecule has 0 saturated carbocycles. The number of hydrogen-bond acceptors (Lipinski definition) is 6. The second-order valence-electron chi connectivity index (χ2n) is 6.85. The smallest absolute Gasteiger partial charge is 0.434 e. The first kappa shape index (κ1) is 24.6. The third-order valence-electron chi connectivity index (χ3n) is 4.32. The number of halogens is 5. The summed E-state index contributed by atoms with van der Waals surface area (Å²) in [6, 6.07) is 9.19. The van der Waals surface area contributed by atoms with Gasteiger partial charge in [0.25, 0.3) is 11.8 Å². The number of nitrogens with one attached hydrogen (secondary N) is 2. The van der Waals surface area contributed by atoms with E-state index in [0.29, 0.717) is 4.47 Å². The molecule has 2 aromatic carbocycles. The van der Waals surface area contributed by atoms with Gasteiger partial charge in [-0.25, -0.2) is 13.4 Å². The zero-order chi connectivity index (χ0) is 24.6. The molecule has 0 radical (unpaired) electrons. The molecule has 0 aliphatic rings. The van der Waals surface area contributed by atoms with E-state index in [1.54, 1.807) is 0 Å². The molecular formula is C20H15BrF4N4O3S. The molecule has 7 nitrogen and oxygen atoms in total. The first-order valence-corrected chi connectivity index (χ1v) is 11.8. The van der Waals surface area contributed by atoms with Gasteiger partial charge in [0.15, 0.2) is 17.3 Å². The van der Waals surface area contributed by atoms with Gasteiger partial charge < -0.3 is 10.1 Å². The second-order valence-corrected chi connectivity index (χ2v) is 9.93. The van der Waals surface area contributed by atoms with Gasteiger partial charge in [0, 0.05) is 21.3 Å². The third kappa shape index (κ3) is 5.66. The number of benzene rings is 2. The number of ether oxygens (including phenoxy) is 1. The van der Waals surface area contributed by atoms with Crippen LogP contribution in [0.1, 0.15) is 21.6 Å². The normalized spacial score (nSPS) is 13.3. The van der Waals surface area contributed by atoms with Gasteiger partial charge in [0.1, 0.15) is 5.56 Å². The van der Waals surface area contributed by atoms with Crippen molar-refractivity contribution < 1.29 is 31.3 Å². The fourth-order valence-corrected chi connectivity index (χ4v) is 3.80. The molecule has 0 spiro atoms. The number of anilines is 1. The van der Waals surface area contributed by atoms with Crippen LogP contribution in [0, 0.1) is 17.5 Å². The van der Waals surface area contributed by atoms with Gasteiger partial charge in [0.2, 0.25) is 0 Å². The second kappa shape index (κ2) is 9.06. The van der Waals surface area contributed by atoms with Crippen molar-refractivity contribution in [2.75, 3.05) is 11.6 Å². The van der Waals surface area contributed by atoms with Crippen LogP contribution in [-0.2, 0) is 15.9 Å². The van der Waals surface area contributed by atoms with Crippen molar-refractivity contribution in [2.24, 2.45) is 0 Å². The Kier molecular flexibility index (Phi) is 6.75. The van der Waals surface area contributed by atoms with Crippen molar-refractivity contribution in [2.45, 2.75) is 18.0 Å². The topological polar surface area (TPSA) is 105 Å². The fourth-order valence-electron chi connectivity index (χ4n) is 2.78. The number of rotatable bonds is 5. The summed E-state index contributed by atoms with van der Waals surface area (Å²) in [5.41, 5.74) is -2.54. The van der Waals surface area contributed by atoms with E-state index in [1.807, 2.05) is 0 Å². The van der Waals surface area contributed by atoms with Gasteiger partial charge in [-0.3, -0.25) is 4.79 Å². The van der Waals surface area contributed by atoms with Crippen molar-refractivity contribution in [3.63, 3.8) is 0 Å². The highest BCUT2D eigenvalue weighted by atomic mass is 79.9. The van der Waals surface area contributed by atoms with Crippen LogP contribution in [0.5, 0.6) is 11.6 Å². The minimum atomic E-state index is -4.91. The number of amides is 1. The van der Waals surface area contributed by atoms with Gasteiger partial charge >= 0.3 is 6.18 Å². The summed E-state index contributed by atoms with van der Waals surface area (Å²) in [5, 5.41) is 8.87. The Hall–Kier alpha value is -3.06. The lowest BCUT2D eigenvalue weighted by Crippen LogP contribution is -2.21. The van der Waals surface area contributed by atoms with E-state index in [4.69, 9.17) is 9.52 Å². The Labute approximate surface area is 194 Å². The van der Waals surface area contributed by atoms with E-state index in [2.05, 4.69) is 31.4 Å². The van der Waals surface area contributed by atoms with Gasteiger partial charge in [-0.05, 0) is 48.9 Å². The largest absolute Gasteiger partial charge is 0.435 e. The lowest BCUT2D eigenvalue weighted by atomic mass is 10.1. The van der Waals surface area contributed by atoms with Gasteiger partial charge in [0.05, 0.1) is 9.73 Å². The molecule has 0 bridgehead atoms. The fraction of sp³-hybridized carbons (Fsp3) is 0.150. The summed E-state index contributed by atoms with van der Waals surface area (Å²) < 4.78 is 79.7. The standard InChI is InChI=1S/C20H15BrF4N4O3S/c1-10-16(18(30)27-12-4-3-5-13(9-12)33(2,26)31)19(29-28-17(10)20(23,24)25)32-15-7-6-11(21)8-14(15)22/h3-9,26H,1-2H3,(H,27,30). The Morgan fingerprint density at radius 3 is 2.48 bits per heavy atom. The summed E-state index contributed by atoms with van der Waals surface area (Å²) in [6.45, 7) is 1.01. The zero-order valence-electron chi connectivity index (χ0n) is 17.0. The molecular weight excluding hydrogens is 532 g/mol. The molecule has 1 amide bonds. The predicted octanol–water partition coefficient (Wildman–Crippen LogP) is 5.79. The molecule has 33 heavy (non-hydrogen) atoms. The predicted molar refractivity (Wildman–Crippen MR) is 115 cm³/mol. The highest BCUT2D eigenvalue weighted by Gasteiger charge is 2.38. The molecule has 0 aliphatic heterocycles. The van der Waals surface area contributed by atoms with Crippen LogP contribution in [0.4, 0.5) is 23.2 Å². The molecule has 1 unspecified atom stereocenters. The van der Waals surface area contributed by atoms with Crippen molar-refractivity contribution in [3.05, 3.63) is 69.6 Å². The summed E-state index contributed by atoms with van der Waals surface area (Å²) in [5.74, 6) is -2.93. The zero-order valence-corrected chi connectivity index (χ0v) is 19.4. The number of carbonyl (C=O) groups excluding carboxylic acids is 1. The molecule has 3 aromatic rings. The molecule has 1 atom stereocenters. The van der Waals surface area contributed by atoms with E-state index in [9.17, 15) is 26.6 Å². The highest BCUT2D eigenvalue weighted by molar-refractivity contribution is 9.10. The molecule has 0 fully saturated rings. The maximum Gasteiger partial charge on any atom is 0.435 e. The quantitative estimate of drug-likeness (QED) is 0.394. The van der Waals surface area contributed by atoms with E-state index in [1.165, 1.54) is 42.7 Å². The molecule has 3 rings (SSSR count). The first-order valence-electron chi connectivity index (χ1n) is 9.00. The number of alkyl halides is 3. The van der Waals surface area contributed by atoms with E-state index < -0.39 is 50.3 Å². The van der Waals surface area contributed by atoms with Crippen LogP contribution < -0.4 is 10.1 Å². The number of carbonyl (C=O) groups is 1. The Morgan fingerprint density at radius 1 is 1.18 bits per heavy atom. The van der Waals surface area contributed by atoms with E-state index in [0.717, 1.165) is 13.0 Å². The summed E-state index contributed by atoms with van der Waals surface area (Å²) in [4.78, 5) is 13.1. The minimum absolute atomic E-state index is 0.0740. The van der Waals surface area contributed by atoms with Crippen LogP contribution in [0.3, 0.4) is 0 Å². The van der Waals surface area contributed by atoms with Crippen molar-refractivity contribution in [3.8, 4) is 11.6 Å². The summed E-state index contributed by atoms with van der Waals surface area (Å²) in [7, 11) is -3.11. The molecule has 0 aliphatic carbocycles. The van der Waals surface area contributed by atoms with Crippen molar-refractivity contribution in [1.29, 1.82) is 4.78 Å². The van der Waals surface area contributed by atoms with E-state index in [-0.39, 0.29) is 16.3 Å². The lowest BCUT2D eigenvalue weighted by Gasteiger charge is -2.16. The Bertz CT molecular complexity index is 1350. The van der Waals surface area contributed by atoms with Gasteiger partial charge in [-0.15, -0.1) is 10.2 Å². The van der Waals surface area contributed by atoms with Gasteiger partial charge in [-0.1, -0.05) is 22.0 Å². The van der Waals surface area contributed by atoms with Gasteiger partial charge in [-0.2, -0.15) is 13.2 Å². The Balaban J connectivity index is 2.08. The van der Waals surface area contributed by atoms with Crippen LogP contribution >= 0.6 is 15.9 Å². The summed E-state index contributed by atoms with van der Waals surface area (Å²) >= 11 is 3.07. The van der Waals surface area contributed by atoms with Crippen molar-refractivity contribution in [1.82, 2.24) is 10.2 Å². The first-order chi connectivity index (χ1) is 15.3. The minimum Gasteiger partial charge on any atom is -0.434 e. The van der Waals surface area contributed by atoms with Crippen LogP contribution in [0.2, 0.25) is 0 Å². The third-order valence-corrected chi connectivity index (χ3v) is 5.97. The molecule has 13 heteroatoms. The molecule has 174 valence electrons. The number of nitrogens with zero attached hydrogens (tertiary/aromatic N) is 2. The SMILES string of the molecule is Cc1c(C(F)(F)F)nnc(Oc2ccc(Br)cc2F)c1C(=O)Nc1cccc(S(C)(=N)=O)c1. The maximum absolute atomic E-state index is 14.2. The van der Waals surface area contributed by atoms with Crippen molar-refractivity contribution >= 4 is 37.3 Å². The maximum atomic E-state index is 14.2. The molecule has 1 aromatic heterocycles.